The van der Waals surface area contributed by atoms with Crippen molar-refractivity contribution in [2.75, 3.05) is 6.54 Å². The van der Waals surface area contributed by atoms with Crippen LogP contribution < -0.4 is 5.73 Å². The number of hydrogen-bond donors (Lipinski definition) is 1. The fourth-order valence-electron chi connectivity index (χ4n) is 2.92. The topological polar surface area (TPSA) is 26.0 Å². The SMILES string of the molecule is Cc1cc(F)c(Br)c(C2(CN)CCCCC2)c1. The number of aryl methyl sites for hydroxylation is 1. The quantitative estimate of drug-likeness (QED) is 0.876. The van der Waals surface area contributed by atoms with E-state index in [1.165, 1.54) is 19.3 Å². The van der Waals surface area contributed by atoms with Crippen molar-refractivity contribution in [2.45, 2.75) is 44.4 Å². The molecule has 17 heavy (non-hydrogen) atoms. The molecule has 0 unspecified atom stereocenters. The Labute approximate surface area is 111 Å². The van der Waals surface area contributed by atoms with Crippen molar-refractivity contribution in [3.05, 3.63) is 33.5 Å². The fourth-order valence-corrected chi connectivity index (χ4v) is 3.57. The van der Waals surface area contributed by atoms with E-state index in [0.717, 1.165) is 24.0 Å². The van der Waals surface area contributed by atoms with E-state index in [1.54, 1.807) is 6.07 Å². The molecule has 1 aromatic carbocycles. The Morgan fingerprint density at radius 2 is 1.94 bits per heavy atom. The lowest BCUT2D eigenvalue weighted by molar-refractivity contribution is 0.298. The first-order valence-corrected chi connectivity index (χ1v) is 7.04. The van der Waals surface area contributed by atoms with Crippen LogP contribution in [0.3, 0.4) is 0 Å². The van der Waals surface area contributed by atoms with E-state index in [-0.39, 0.29) is 11.2 Å². The molecule has 0 atom stereocenters. The molecule has 0 spiro atoms. The fraction of sp³-hybridized carbons (Fsp3) is 0.571. The Kier molecular flexibility index (Phi) is 3.88. The Bertz CT molecular complexity index is 411. The monoisotopic (exact) mass is 299 g/mol. The van der Waals surface area contributed by atoms with Crippen molar-refractivity contribution in [1.82, 2.24) is 0 Å². The second-order valence-electron chi connectivity index (χ2n) is 5.15. The predicted octanol–water partition coefficient (Wildman–Crippen LogP) is 4.06. The van der Waals surface area contributed by atoms with Gasteiger partial charge < -0.3 is 5.73 Å². The summed E-state index contributed by atoms with van der Waals surface area (Å²) in [6.45, 7) is 2.54. The summed E-state index contributed by atoms with van der Waals surface area (Å²) in [5.74, 6) is -0.168. The summed E-state index contributed by atoms with van der Waals surface area (Å²) >= 11 is 3.40. The largest absolute Gasteiger partial charge is 0.330 e. The second kappa shape index (κ2) is 5.07. The highest BCUT2D eigenvalue weighted by Gasteiger charge is 2.34. The molecule has 2 N–H and O–H groups in total. The van der Waals surface area contributed by atoms with Crippen LogP contribution in [0.2, 0.25) is 0 Å². The molecule has 0 saturated heterocycles. The highest BCUT2D eigenvalue weighted by molar-refractivity contribution is 9.10. The second-order valence-corrected chi connectivity index (χ2v) is 5.95. The number of hydrogen-bond acceptors (Lipinski definition) is 1. The van der Waals surface area contributed by atoms with Crippen molar-refractivity contribution in [3.63, 3.8) is 0 Å². The predicted molar refractivity (Wildman–Crippen MR) is 72.7 cm³/mol. The lowest BCUT2D eigenvalue weighted by atomic mass is 9.69. The summed E-state index contributed by atoms with van der Waals surface area (Å²) in [6, 6.07) is 3.66. The van der Waals surface area contributed by atoms with Gasteiger partial charge in [0.1, 0.15) is 5.82 Å². The van der Waals surface area contributed by atoms with E-state index in [1.807, 2.05) is 6.92 Å². The Balaban J connectivity index is 2.49. The standard InChI is InChI=1S/C14H19BrFN/c1-10-7-11(13(15)12(16)8-10)14(9-17)5-3-2-4-6-14/h7-8H,2-6,9,17H2,1H3. The van der Waals surface area contributed by atoms with Gasteiger partial charge in [-0.05, 0) is 52.9 Å². The molecule has 0 radical (unpaired) electrons. The van der Waals surface area contributed by atoms with Gasteiger partial charge in [0.15, 0.2) is 0 Å². The zero-order valence-electron chi connectivity index (χ0n) is 10.2. The zero-order chi connectivity index (χ0) is 12.5. The molecule has 1 aliphatic rings. The third kappa shape index (κ3) is 2.41. The summed E-state index contributed by atoms with van der Waals surface area (Å²) in [5, 5.41) is 0. The molecule has 1 fully saturated rings. The van der Waals surface area contributed by atoms with Crippen molar-refractivity contribution >= 4 is 15.9 Å². The molecule has 0 aliphatic heterocycles. The van der Waals surface area contributed by atoms with E-state index < -0.39 is 0 Å². The molecule has 0 heterocycles. The van der Waals surface area contributed by atoms with Crippen molar-refractivity contribution in [1.29, 1.82) is 0 Å². The van der Waals surface area contributed by atoms with Crippen LogP contribution in [0.1, 0.15) is 43.2 Å². The Morgan fingerprint density at radius 1 is 1.29 bits per heavy atom. The maximum absolute atomic E-state index is 13.8. The molecule has 0 bridgehead atoms. The lowest BCUT2D eigenvalue weighted by Gasteiger charge is -2.37. The Hall–Kier alpha value is -0.410. The van der Waals surface area contributed by atoms with E-state index in [0.29, 0.717) is 11.0 Å². The third-order valence-electron chi connectivity index (χ3n) is 3.95. The number of halogens is 2. The van der Waals surface area contributed by atoms with Gasteiger partial charge in [-0.2, -0.15) is 0 Å². The average Bonchev–Trinajstić information content (AvgIpc) is 2.34. The van der Waals surface area contributed by atoms with Crippen LogP contribution in [0.25, 0.3) is 0 Å². The molecule has 1 saturated carbocycles. The zero-order valence-corrected chi connectivity index (χ0v) is 11.8. The lowest BCUT2D eigenvalue weighted by Crippen LogP contribution is -2.37. The van der Waals surface area contributed by atoms with Crippen LogP contribution in [-0.2, 0) is 5.41 Å². The summed E-state index contributed by atoms with van der Waals surface area (Å²) in [4.78, 5) is 0. The van der Waals surface area contributed by atoms with Gasteiger partial charge >= 0.3 is 0 Å². The first-order valence-electron chi connectivity index (χ1n) is 6.25. The van der Waals surface area contributed by atoms with Crippen molar-refractivity contribution in [3.8, 4) is 0 Å². The summed E-state index contributed by atoms with van der Waals surface area (Å²) in [5.41, 5.74) is 8.01. The van der Waals surface area contributed by atoms with Crippen LogP contribution in [0.5, 0.6) is 0 Å². The minimum absolute atomic E-state index is 0.0239. The molecular weight excluding hydrogens is 281 g/mol. The maximum atomic E-state index is 13.8. The van der Waals surface area contributed by atoms with E-state index >= 15 is 0 Å². The number of benzene rings is 1. The first kappa shape index (κ1) is 13.0. The minimum atomic E-state index is -0.168. The van der Waals surface area contributed by atoms with Crippen LogP contribution in [0, 0.1) is 12.7 Å². The Morgan fingerprint density at radius 3 is 2.53 bits per heavy atom. The van der Waals surface area contributed by atoms with Crippen LogP contribution >= 0.6 is 15.9 Å². The van der Waals surface area contributed by atoms with E-state index in [2.05, 4.69) is 22.0 Å². The van der Waals surface area contributed by atoms with Gasteiger partial charge in [-0.15, -0.1) is 0 Å². The van der Waals surface area contributed by atoms with Gasteiger partial charge in [0, 0.05) is 12.0 Å². The van der Waals surface area contributed by atoms with Gasteiger partial charge in [0.05, 0.1) is 4.47 Å². The molecule has 0 amide bonds. The van der Waals surface area contributed by atoms with Gasteiger partial charge in [-0.1, -0.05) is 25.3 Å². The van der Waals surface area contributed by atoms with Crippen LogP contribution in [-0.4, -0.2) is 6.54 Å². The van der Waals surface area contributed by atoms with Gasteiger partial charge in [-0.25, -0.2) is 4.39 Å². The minimum Gasteiger partial charge on any atom is -0.330 e. The first-order chi connectivity index (χ1) is 8.09. The summed E-state index contributed by atoms with van der Waals surface area (Å²) < 4.78 is 14.4. The summed E-state index contributed by atoms with van der Waals surface area (Å²) in [7, 11) is 0. The van der Waals surface area contributed by atoms with Crippen molar-refractivity contribution < 1.29 is 4.39 Å². The average molecular weight is 300 g/mol. The van der Waals surface area contributed by atoms with E-state index in [4.69, 9.17) is 5.73 Å². The summed E-state index contributed by atoms with van der Waals surface area (Å²) in [6.07, 6.45) is 5.81. The molecule has 3 heteroatoms. The number of rotatable bonds is 2. The normalized spacial score (nSPS) is 19.3. The third-order valence-corrected chi connectivity index (χ3v) is 4.75. The van der Waals surface area contributed by atoms with Crippen molar-refractivity contribution in [2.24, 2.45) is 5.73 Å². The smallest absolute Gasteiger partial charge is 0.137 e. The van der Waals surface area contributed by atoms with Gasteiger partial charge in [0.2, 0.25) is 0 Å². The molecular formula is C14H19BrFN. The molecule has 1 aliphatic carbocycles. The van der Waals surface area contributed by atoms with Crippen LogP contribution in [0.4, 0.5) is 4.39 Å². The molecule has 0 aromatic heterocycles. The molecule has 1 nitrogen and oxygen atoms in total. The highest BCUT2D eigenvalue weighted by Crippen LogP contribution is 2.42. The molecule has 2 rings (SSSR count). The number of nitrogens with two attached hydrogens (primary N) is 1. The highest BCUT2D eigenvalue weighted by atomic mass is 79.9. The molecule has 1 aromatic rings. The maximum Gasteiger partial charge on any atom is 0.137 e. The van der Waals surface area contributed by atoms with Gasteiger partial charge in [0.25, 0.3) is 0 Å². The van der Waals surface area contributed by atoms with E-state index in [9.17, 15) is 4.39 Å². The van der Waals surface area contributed by atoms with Crippen LogP contribution in [0.15, 0.2) is 16.6 Å². The molecule has 94 valence electrons. The van der Waals surface area contributed by atoms with Gasteiger partial charge in [-0.3, -0.25) is 0 Å².